The molecule has 2 heterocycles. The molecule has 27 heavy (non-hydrogen) atoms. The van der Waals surface area contributed by atoms with Crippen LogP contribution in [-0.4, -0.2) is 39.1 Å². The van der Waals surface area contributed by atoms with Crippen molar-refractivity contribution in [2.45, 2.75) is 11.1 Å². The zero-order valence-electron chi connectivity index (χ0n) is 14.0. The number of carbonyl (C=O) groups excluding carboxylic acids is 1. The average Bonchev–Trinajstić information content (AvgIpc) is 3.06. The number of hydrogen-bond donors (Lipinski definition) is 1. The number of benzene rings is 1. The summed E-state index contributed by atoms with van der Waals surface area (Å²) in [5.41, 5.74) is 1.56. The van der Waals surface area contributed by atoms with E-state index in [1.807, 2.05) is 0 Å². The minimum atomic E-state index is -4.53. The van der Waals surface area contributed by atoms with Gasteiger partial charge in [-0.25, -0.2) is 4.52 Å². The monoisotopic (exact) mass is 397 g/mol. The molecule has 3 rings (SSSR count). The molecular formula is C17H14F3N3O3S. The summed E-state index contributed by atoms with van der Waals surface area (Å²) in [5, 5.41) is 5.80. The van der Waals surface area contributed by atoms with E-state index in [9.17, 15) is 26.7 Å². The van der Waals surface area contributed by atoms with Gasteiger partial charge in [0.2, 0.25) is 0 Å². The summed E-state index contributed by atoms with van der Waals surface area (Å²) in [4.78, 5) is 12.2. The van der Waals surface area contributed by atoms with Crippen LogP contribution in [0, 0.1) is 0 Å². The molecule has 1 unspecified atom stereocenters. The van der Waals surface area contributed by atoms with Gasteiger partial charge in [0.15, 0.2) is 4.90 Å². The van der Waals surface area contributed by atoms with Gasteiger partial charge in [-0.1, -0.05) is 0 Å². The number of amides is 1. The molecule has 10 heteroatoms. The van der Waals surface area contributed by atoms with Crippen LogP contribution >= 0.6 is 0 Å². The predicted octanol–water partition coefficient (Wildman–Crippen LogP) is 2.91. The highest BCUT2D eigenvalue weighted by Crippen LogP contribution is 2.27. The number of carbonyl (C=O) groups is 1. The van der Waals surface area contributed by atoms with Gasteiger partial charge in [0.25, 0.3) is 5.91 Å². The quantitative estimate of drug-likeness (QED) is 0.686. The van der Waals surface area contributed by atoms with Crippen molar-refractivity contribution < 1.29 is 26.7 Å². The second-order valence-corrected chi connectivity index (χ2v) is 7.89. The van der Waals surface area contributed by atoms with E-state index in [1.54, 1.807) is 35.8 Å². The van der Waals surface area contributed by atoms with Gasteiger partial charge in [0, 0.05) is 11.8 Å². The smallest absolute Gasteiger partial charge is 0.405 e. The minimum absolute atomic E-state index is 0.134. The van der Waals surface area contributed by atoms with E-state index in [2.05, 4.69) is 5.10 Å². The van der Waals surface area contributed by atoms with Crippen LogP contribution in [0.2, 0.25) is 0 Å². The molecule has 0 aliphatic rings. The molecule has 6 nitrogen and oxygen atoms in total. The summed E-state index contributed by atoms with van der Waals surface area (Å²) in [7, 11) is -3.36. The number of fused-ring (bicyclic) bond motifs is 1. The standard InChI is InChI=1S/C17H14F3N3O3S/c1-27(25,26)12-6-4-11(5-7-12)13-9-14(16(24)21-10-17(18,19)20)22-23-8-2-3-15(13)23/h2-9H,10H2,1H3,(H-,21,24,25,26). The van der Waals surface area contributed by atoms with Gasteiger partial charge in [0.1, 0.15) is 18.5 Å². The zero-order valence-corrected chi connectivity index (χ0v) is 14.8. The Morgan fingerprint density at radius 1 is 1.26 bits per heavy atom. The van der Waals surface area contributed by atoms with E-state index < -0.39 is 28.8 Å². The Morgan fingerprint density at radius 3 is 2.52 bits per heavy atom. The number of aromatic nitrogens is 2. The van der Waals surface area contributed by atoms with Crippen LogP contribution in [-0.2, 0) is 14.4 Å². The first kappa shape index (κ1) is 19.1. The first-order chi connectivity index (χ1) is 12.5. The van der Waals surface area contributed by atoms with E-state index in [4.69, 9.17) is 0 Å². The van der Waals surface area contributed by atoms with Crippen molar-refractivity contribution in [1.29, 1.82) is 0 Å². The van der Waals surface area contributed by atoms with E-state index in [-0.39, 0.29) is 10.6 Å². The first-order valence-electron chi connectivity index (χ1n) is 7.68. The fourth-order valence-electron chi connectivity index (χ4n) is 2.52. The molecule has 1 amide bonds. The summed E-state index contributed by atoms with van der Waals surface area (Å²) in [6, 6.07) is 10.8. The Hall–Kier alpha value is -2.72. The van der Waals surface area contributed by atoms with Gasteiger partial charge in [-0.05, 0) is 48.0 Å². The van der Waals surface area contributed by atoms with Crippen molar-refractivity contribution in [3.63, 3.8) is 0 Å². The molecule has 0 saturated carbocycles. The topological polar surface area (TPSA) is 86.5 Å². The molecule has 1 aromatic carbocycles. The van der Waals surface area contributed by atoms with Gasteiger partial charge in [0.05, 0.1) is 15.7 Å². The largest absolute Gasteiger partial charge is 0.610 e. The van der Waals surface area contributed by atoms with Crippen LogP contribution in [0.4, 0.5) is 13.2 Å². The lowest BCUT2D eigenvalue weighted by molar-refractivity contribution is -0.123. The van der Waals surface area contributed by atoms with Crippen molar-refractivity contribution in [1.82, 2.24) is 14.9 Å². The number of hydrogen-bond acceptors (Lipinski definition) is 4. The second-order valence-electron chi connectivity index (χ2n) is 5.88. The molecule has 0 aliphatic carbocycles. The molecule has 142 valence electrons. The number of rotatable bonds is 4. The minimum Gasteiger partial charge on any atom is -0.610 e. The van der Waals surface area contributed by atoms with Crippen molar-refractivity contribution in [3.05, 3.63) is 54.4 Å². The summed E-state index contributed by atoms with van der Waals surface area (Å²) >= 11 is 0. The molecule has 0 radical (unpaired) electrons. The van der Waals surface area contributed by atoms with Crippen molar-refractivity contribution in [2.75, 3.05) is 12.8 Å². The van der Waals surface area contributed by atoms with Crippen molar-refractivity contribution in [3.8, 4) is 11.1 Å². The maximum atomic E-state index is 12.3. The van der Waals surface area contributed by atoms with Crippen LogP contribution in [0.1, 0.15) is 10.5 Å². The molecule has 1 atom stereocenters. The van der Waals surface area contributed by atoms with Gasteiger partial charge in [-0.3, -0.25) is 4.79 Å². The highest BCUT2D eigenvalue weighted by molar-refractivity contribution is 7.97. The Kier molecular flexibility index (Phi) is 4.79. The zero-order chi connectivity index (χ0) is 19.8. The van der Waals surface area contributed by atoms with Crippen LogP contribution in [0.5, 0.6) is 0 Å². The molecule has 0 aliphatic heterocycles. The van der Waals surface area contributed by atoms with Gasteiger partial charge < -0.3 is 9.87 Å². The van der Waals surface area contributed by atoms with Gasteiger partial charge in [-0.2, -0.15) is 18.3 Å². The van der Waals surface area contributed by atoms with E-state index >= 15 is 0 Å². The summed E-state index contributed by atoms with van der Waals surface area (Å²) in [6.07, 6.45) is -1.88. The third-order valence-electron chi connectivity index (χ3n) is 3.78. The predicted molar refractivity (Wildman–Crippen MR) is 92.0 cm³/mol. The van der Waals surface area contributed by atoms with Crippen LogP contribution in [0.3, 0.4) is 0 Å². The third-order valence-corrected chi connectivity index (χ3v) is 4.90. The molecule has 2 aromatic heterocycles. The van der Waals surface area contributed by atoms with Gasteiger partial charge in [-0.15, -0.1) is 4.21 Å². The molecular weight excluding hydrogens is 383 g/mol. The maximum Gasteiger partial charge on any atom is 0.405 e. The molecule has 0 bridgehead atoms. The first-order valence-corrected chi connectivity index (χ1v) is 9.57. The number of alkyl halides is 3. The van der Waals surface area contributed by atoms with E-state index in [0.717, 1.165) is 6.26 Å². The fraction of sp³-hybridized carbons (Fsp3) is 0.176. The van der Waals surface area contributed by atoms with E-state index in [1.165, 1.54) is 22.7 Å². The Balaban J connectivity index is 2.01. The van der Waals surface area contributed by atoms with Crippen LogP contribution in [0.15, 0.2) is 53.6 Å². The summed E-state index contributed by atoms with van der Waals surface area (Å²) in [5.74, 6) is -0.961. The third kappa shape index (κ3) is 4.34. The average molecular weight is 397 g/mol. The normalized spacial score (nSPS) is 14.1. The lowest BCUT2D eigenvalue weighted by atomic mass is 10.1. The highest BCUT2D eigenvalue weighted by Gasteiger charge is 2.28. The lowest BCUT2D eigenvalue weighted by Gasteiger charge is -2.12. The number of nitrogens with zero attached hydrogens (tertiary/aromatic N) is 2. The Morgan fingerprint density at radius 2 is 1.93 bits per heavy atom. The number of sulfone groups is 1. The summed E-state index contributed by atoms with van der Waals surface area (Å²) in [6.45, 7) is -1.46. The number of nitrogens with one attached hydrogen (secondary N) is 1. The lowest BCUT2D eigenvalue weighted by Crippen LogP contribution is -2.34. The Bertz CT molecular complexity index is 1040. The number of halogens is 3. The van der Waals surface area contributed by atoms with Crippen LogP contribution in [0.25, 0.3) is 16.6 Å². The van der Waals surface area contributed by atoms with Crippen molar-refractivity contribution >= 4 is 21.6 Å². The molecule has 0 fully saturated rings. The SMILES string of the molecule is C[S+](=O)([O-])c1ccc(-c2cc(C(=O)NCC(F)(F)F)nn3cccc23)cc1. The van der Waals surface area contributed by atoms with Crippen LogP contribution < -0.4 is 5.32 Å². The molecule has 0 saturated heterocycles. The molecule has 0 spiro atoms. The van der Waals surface area contributed by atoms with Crippen molar-refractivity contribution in [2.24, 2.45) is 0 Å². The van der Waals surface area contributed by atoms with E-state index in [0.29, 0.717) is 16.6 Å². The molecule has 1 N–H and O–H groups in total. The fourth-order valence-corrected chi connectivity index (χ4v) is 3.15. The van der Waals surface area contributed by atoms with Gasteiger partial charge >= 0.3 is 6.18 Å². The Labute approximate surface area is 153 Å². The maximum absolute atomic E-state index is 12.3. The molecule has 3 aromatic rings. The second kappa shape index (κ2) is 6.78. The highest BCUT2D eigenvalue weighted by atomic mass is 32.3. The summed E-state index contributed by atoms with van der Waals surface area (Å²) < 4.78 is 61.5.